The molecule has 0 aromatic heterocycles. The van der Waals surface area contributed by atoms with E-state index in [2.05, 4.69) is 0 Å². The van der Waals surface area contributed by atoms with E-state index in [9.17, 15) is 14.0 Å². The van der Waals surface area contributed by atoms with Crippen molar-refractivity contribution in [1.29, 1.82) is 0 Å². The highest BCUT2D eigenvalue weighted by atomic mass is 35.5. The van der Waals surface area contributed by atoms with Gasteiger partial charge in [0.25, 0.3) is 5.91 Å². The summed E-state index contributed by atoms with van der Waals surface area (Å²) in [6, 6.07) is 10.8. The van der Waals surface area contributed by atoms with E-state index in [0.29, 0.717) is 48.3 Å². The third-order valence-electron chi connectivity index (χ3n) is 4.74. The van der Waals surface area contributed by atoms with Gasteiger partial charge in [0.2, 0.25) is 0 Å². The van der Waals surface area contributed by atoms with Gasteiger partial charge >= 0.3 is 6.03 Å². The first kappa shape index (κ1) is 20.4. The number of nitrogens with zero attached hydrogens (tertiary/aromatic N) is 3. The van der Waals surface area contributed by atoms with Gasteiger partial charge in [-0.15, -0.1) is 0 Å². The van der Waals surface area contributed by atoms with Crippen molar-refractivity contribution in [2.24, 2.45) is 0 Å². The molecule has 1 aliphatic rings. The van der Waals surface area contributed by atoms with Gasteiger partial charge in [0, 0.05) is 33.2 Å². The van der Waals surface area contributed by atoms with E-state index < -0.39 is 5.82 Å². The highest BCUT2D eigenvalue weighted by Crippen LogP contribution is 2.32. The van der Waals surface area contributed by atoms with Gasteiger partial charge in [0.15, 0.2) is 0 Å². The predicted octanol–water partition coefficient (Wildman–Crippen LogP) is 4.54. The maximum atomic E-state index is 13.9. The lowest BCUT2D eigenvalue weighted by Crippen LogP contribution is -2.43. The number of carbonyl (C=O) groups excluding carboxylic acids is 2. The zero-order valence-electron chi connectivity index (χ0n) is 15.4. The van der Waals surface area contributed by atoms with Crippen LogP contribution in [0.5, 0.6) is 0 Å². The van der Waals surface area contributed by atoms with Crippen LogP contribution in [0.15, 0.2) is 42.5 Å². The van der Waals surface area contributed by atoms with Crippen molar-refractivity contribution in [1.82, 2.24) is 9.80 Å². The lowest BCUT2D eigenvalue weighted by atomic mass is 10.2. The molecule has 28 heavy (non-hydrogen) atoms. The zero-order chi connectivity index (χ0) is 20.3. The Balaban J connectivity index is 1.69. The number of benzene rings is 2. The van der Waals surface area contributed by atoms with Crippen LogP contribution in [0.3, 0.4) is 0 Å². The molecule has 0 spiro atoms. The molecule has 0 radical (unpaired) electrons. The van der Waals surface area contributed by atoms with Gasteiger partial charge in [0.05, 0.1) is 21.3 Å². The fourth-order valence-electron chi connectivity index (χ4n) is 3.18. The summed E-state index contributed by atoms with van der Waals surface area (Å²) in [5, 5.41) is 0.683. The minimum absolute atomic E-state index is 0.0464. The lowest BCUT2D eigenvalue weighted by molar-refractivity contribution is 0.0758. The number of halogens is 3. The van der Waals surface area contributed by atoms with Crippen LogP contribution in [-0.4, -0.2) is 55.0 Å². The number of amides is 3. The number of hydrogen-bond donors (Lipinski definition) is 0. The standard InChI is InChI=1S/C20H20Cl2FN3O2/c1-24(17-9-4-7-15(21)18(17)22)20(28)26-11-5-10-25(12-13-26)19(27)14-6-2-3-8-16(14)23/h2-4,6-9H,5,10-13H2,1H3. The first-order valence-corrected chi connectivity index (χ1v) is 9.66. The summed E-state index contributed by atoms with van der Waals surface area (Å²) in [5.41, 5.74) is 0.563. The van der Waals surface area contributed by atoms with Gasteiger partial charge in [-0.05, 0) is 30.7 Å². The van der Waals surface area contributed by atoms with Crippen molar-refractivity contribution in [3.8, 4) is 0 Å². The quantitative estimate of drug-likeness (QED) is 0.711. The Hall–Kier alpha value is -2.31. The van der Waals surface area contributed by atoms with E-state index in [1.54, 1.807) is 47.2 Å². The maximum Gasteiger partial charge on any atom is 0.324 e. The molecule has 0 atom stereocenters. The van der Waals surface area contributed by atoms with Crippen LogP contribution < -0.4 is 4.90 Å². The first-order valence-electron chi connectivity index (χ1n) is 8.90. The molecule has 2 aromatic carbocycles. The summed E-state index contributed by atoms with van der Waals surface area (Å²) in [6.45, 7) is 1.62. The summed E-state index contributed by atoms with van der Waals surface area (Å²) < 4.78 is 13.9. The van der Waals surface area contributed by atoms with Crippen LogP contribution in [-0.2, 0) is 0 Å². The summed E-state index contributed by atoms with van der Waals surface area (Å²) in [5.74, 6) is -0.904. The van der Waals surface area contributed by atoms with E-state index in [1.165, 1.54) is 17.0 Å². The average molecular weight is 424 g/mol. The normalized spacial score (nSPS) is 14.6. The van der Waals surface area contributed by atoms with Crippen molar-refractivity contribution in [2.75, 3.05) is 38.1 Å². The molecule has 0 unspecified atom stereocenters. The number of anilines is 1. The van der Waals surface area contributed by atoms with Crippen molar-refractivity contribution < 1.29 is 14.0 Å². The molecule has 0 saturated carbocycles. The van der Waals surface area contributed by atoms with Gasteiger partial charge in [-0.2, -0.15) is 0 Å². The Bertz CT molecular complexity index is 894. The van der Waals surface area contributed by atoms with Crippen LogP contribution in [0.4, 0.5) is 14.9 Å². The van der Waals surface area contributed by atoms with Gasteiger partial charge in [-0.1, -0.05) is 41.4 Å². The lowest BCUT2D eigenvalue weighted by Gasteiger charge is -2.28. The highest BCUT2D eigenvalue weighted by Gasteiger charge is 2.27. The molecule has 0 N–H and O–H groups in total. The van der Waals surface area contributed by atoms with Crippen molar-refractivity contribution >= 4 is 40.8 Å². The molecule has 2 aromatic rings. The molecule has 1 saturated heterocycles. The minimum atomic E-state index is -0.542. The second kappa shape index (κ2) is 8.80. The largest absolute Gasteiger partial charge is 0.337 e. The molecule has 3 amide bonds. The summed E-state index contributed by atoms with van der Waals surface area (Å²) >= 11 is 12.3. The van der Waals surface area contributed by atoms with E-state index in [4.69, 9.17) is 23.2 Å². The van der Waals surface area contributed by atoms with E-state index >= 15 is 0 Å². The van der Waals surface area contributed by atoms with Gasteiger partial charge in [0.1, 0.15) is 5.82 Å². The Morgan fingerprint density at radius 3 is 2.39 bits per heavy atom. The second-order valence-electron chi connectivity index (χ2n) is 6.53. The van der Waals surface area contributed by atoms with Crippen LogP contribution >= 0.6 is 23.2 Å². The van der Waals surface area contributed by atoms with Crippen LogP contribution in [0, 0.1) is 5.82 Å². The molecule has 1 aliphatic heterocycles. The molecule has 148 valence electrons. The fourth-order valence-corrected chi connectivity index (χ4v) is 3.61. The van der Waals surface area contributed by atoms with E-state index in [1.807, 2.05) is 0 Å². The Morgan fingerprint density at radius 1 is 0.964 bits per heavy atom. The molecule has 8 heteroatoms. The summed E-state index contributed by atoms with van der Waals surface area (Å²) in [6.07, 6.45) is 0.600. The molecule has 1 heterocycles. The first-order chi connectivity index (χ1) is 13.4. The van der Waals surface area contributed by atoms with E-state index in [-0.39, 0.29) is 17.5 Å². The SMILES string of the molecule is CN(C(=O)N1CCCN(C(=O)c2ccccc2F)CC1)c1cccc(Cl)c1Cl. The van der Waals surface area contributed by atoms with Crippen LogP contribution in [0.2, 0.25) is 10.0 Å². The number of hydrogen-bond acceptors (Lipinski definition) is 2. The van der Waals surface area contributed by atoms with Crippen LogP contribution in [0.25, 0.3) is 0 Å². The second-order valence-corrected chi connectivity index (χ2v) is 7.31. The monoisotopic (exact) mass is 423 g/mol. The fraction of sp³-hybridized carbons (Fsp3) is 0.300. The van der Waals surface area contributed by atoms with E-state index in [0.717, 1.165) is 0 Å². The molecule has 0 aliphatic carbocycles. The van der Waals surface area contributed by atoms with Crippen molar-refractivity contribution in [2.45, 2.75) is 6.42 Å². The van der Waals surface area contributed by atoms with Gasteiger partial charge in [-0.25, -0.2) is 9.18 Å². The Morgan fingerprint density at radius 2 is 1.64 bits per heavy atom. The zero-order valence-corrected chi connectivity index (χ0v) is 16.9. The minimum Gasteiger partial charge on any atom is -0.337 e. The topological polar surface area (TPSA) is 43.9 Å². The molecular formula is C20H20Cl2FN3O2. The average Bonchev–Trinajstić information content (AvgIpc) is 2.95. The molecular weight excluding hydrogens is 404 g/mol. The predicted molar refractivity (Wildman–Crippen MR) is 109 cm³/mol. The molecule has 3 rings (SSSR count). The molecule has 5 nitrogen and oxygen atoms in total. The molecule has 0 bridgehead atoms. The third kappa shape index (κ3) is 4.23. The smallest absolute Gasteiger partial charge is 0.324 e. The number of urea groups is 1. The Labute approximate surface area is 173 Å². The molecule has 1 fully saturated rings. The van der Waals surface area contributed by atoms with Crippen LogP contribution in [0.1, 0.15) is 16.8 Å². The van der Waals surface area contributed by atoms with Gasteiger partial charge in [-0.3, -0.25) is 9.69 Å². The summed E-state index contributed by atoms with van der Waals surface area (Å²) in [7, 11) is 1.63. The number of carbonyl (C=O) groups is 2. The third-order valence-corrected chi connectivity index (χ3v) is 5.55. The van der Waals surface area contributed by atoms with Crippen molar-refractivity contribution in [3.05, 3.63) is 63.9 Å². The maximum absolute atomic E-state index is 13.9. The number of rotatable bonds is 2. The Kier molecular flexibility index (Phi) is 6.42. The summed E-state index contributed by atoms with van der Waals surface area (Å²) in [4.78, 5) is 30.2. The van der Waals surface area contributed by atoms with Gasteiger partial charge < -0.3 is 9.80 Å². The van der Waals surface area contributed by atoms with Crippen molar-refractivity contribution in [3.63, 3.8) is 0 Å². The highest BCUT2D eigenvalue weighted by molar-refractivity contribution is 6.44.